The molecular weight excluding hydrogens is 150 g/mol. The Balaban J connectivity index is 2.87. The highest BCUT2D eigenvalue weighted by molar-refractivity contribution is 5.82. The van der Waals surface area contributed by atoms with Gasteiger partial charge in [-0.1, -0.05) is 0 Å². The number of hydrogen-bond donors (Lipinski definition) is 2. The fourth-order valence-corrected chi connectivity index (χ4v) is 1.35. The summed E-state index contributed by atoms with van der Waals surface area (Å²) in [5.74, 6) is 0.559. The molecule has 3 heteroatoms. The molecule has 0 atom stereocenters. The van der Waals surface area contributed by atoms with Crippen LogP contribution in [0, 0.1) is 13.8 Å². The number of nitrogens with one attached hydrogen (secondary N) is 1. The number of aryl methyl sites for hydroxylation is 2. The maximum atomic E-state index is 5.55. The number of aromatic amines is 1. The largest absolute Gasteiger partial charge is 0.384 e. The Morgan fingerprint density at radius 2 is 2.08 bits per heavy atom. The molecule has 2 rings (SSSR count). The van der Waals surface area contributed by atoms with E-state index in [-0.39, 0.29) is 0 Å². The van der Waals surface area contributed by atoms with Gasteiger partial charge in [0, 0.05) is 11.1 Å². The molecule has 0 unspecified atom stereocenters. The van der Waals surface area contributed by atoms with Crippen LogP contribution in [-0.4, -0.2) is 9.97 Å². The normalized spacial score (nSPS) is 10.8. The molecule has 0 saturated carbocycles. The van der Waals surface area contributed by atoms with Crippen molar-refractivity contribution in [1.29, 1.82) is 0 Å². The van der Waals surface area contributed by atoms with E-state index in [1.165, 1.54) is 5.56 Å². The van der Waals surface area contributed by atoms with E-state index in [9.17, 15) is 0 Å². The van der Waals surface area contributed by atoms with E-state index in [0.717, 1.165) is 16.7 Å². The van der Waals surface area contributed by atoms with Crippen LogP contribution in [0.4, 0.5) is 5.82 Å². The molecule has 0 aromatic carbocycles. The number of pyridine rings is 1. The Morgan fingerprint density at radius 3 is 2.83 bits per heavy atom. The third-order valence-electron chi connectivity index (χ3n) is 2.19. The van der Waals surface area contributed by atoms with Crippen LogP contribution in [0.2, 0.25) is 0 Å². The molecule has 0 spiro atoms. The minimum Gasteiger partial charge on any atom is -0.384 e. The number of hydrogen-bond acceptors (Lipinski definition) is 2. The van der Waals surface area contributed by atoms with E-state index < -0.39 is 0 Å². The summed E-state index contributed by atoms with van der Waals surface area (Å²) < 4.78 is 0. The lowest BCUT2D eigenvalue weighted by atomic mass is 10.2. The molecule has 0 fully saturated rings. The molecular formula is C9H11N3. The van der Waals surface area contributed by atoms with Crippen LogP contribution in [0.15, 0.2) is 12.1 Å². The number of fused-ring (bicyclic) bond motifs is 1. The molecule has 3 N–H and O–H groups in total. The van der Waals surface area contributed by atoms with Crippen molar-refractivity contribution >= 4 is 16.9 Å². The van der Waals surface area contributed by atoms with Gasteiger partial charge in [0.15, 0.2) is 0 Å². The molecule has 2 aromatic heterocycles. The van der Waals surface area contributed by atoms with Crippen LogP contribution >= 0.6 is 0 Å². The molecule has 0 aliphatic rings. The number of aromatic nitrogens is 2. The first kappa shape index (κ1) is 7.16. The van der Waals surface area contributed by atoms with Crippen molar-refractivity contribution < 1.29 is 0 Å². The molecule has 2 aromatic rings. The third kappa shape index (κ3) is 0.863. The van der Waals surface area contributed by atoms with Gasteiger partial charge >= 0.3 is 0 Å². The van der Waals surface area contributed by atoms with Gasteiger partial charge in [0.25, 0.3) is 0 Å². The first-order chi connectivity index (χ1) is 5.68. The van der Waals surface area contributed by atoms with Gasteiger partial charge in [-0.05, 0) is 31.5 Å². The first-order valence-electron chi connectivity index (χ1n) is 3.90. The van der Waals surface area contributed by atoms with Gasteiger partial charge in [-0.3, -0.25) is 0 Å². The van der Waals surface area contributed by atoms with E-state index in [1.54, 1.807) is 0 Å². The summed E-state index contributed by atoms with van der Waals surface area (Å²) >= 11 is 0. The summed E-state index contributed by atoms with van der Waals surface area (Å²) in [6, 6.07) is 3.82. The number of rotatable bonds is 0. The van der Waals surface area contributed by atoms with Crippen molar-refractivity contribution in [2.75, 3.05) is 5.73 Å². The second-order valence-corrected chi connectivity index (χ2v) is 3.01. The molecule has 0 aliphatic heterocycles. The molecule has 0 amide bonds. The van der Waals surface area contributed by atoms with Crippen LogP contribution in [0.25, 0.3) is 11.0 Å². The third-order valence-corrected chi connectivity index (χ3v) is 2.19. The van der Waals surface area contributed by atoms with Gasteiger partial charge in [0.05, 0.1) is 0 Å². The smallest absolute Gasteiger partial charge is 0.140 e. The maximum absolute atomic E-state index is 5.55. The zero-order valence-electron chi connectivity index (χ0n) is 7.18. The predicted octanol–water partition coefficient (Wildman–Crippen LogP) is 1.76. The molecule has 12 heavy (non-hydrogen) atoms. The molecule has 0 aliphatic carbocycles. The van der Waals surface area contributed by atoms with E-state index in [0.29, 0.717) is 5.82 Å². The Kier molecular flexibility index (Phi) is 1.33. The Labute approximate surface area is 70.6 Å². The number of nitrogen functional groups attached to an aromatic ring is 1. The lowest BCUT2D eigenvalue weighted by Gasteiger charge is -1.91. The van der Waals surface area contributed by atoms with E-state index in [1.807, 2.05) is 19.1 Å². The monoisotopic (exact) mass is 161 g/mol. The predicted molar refractivity (Wildman–Crippen MR) is 50.0 cm³/mol. The fourth-order valence-electron chi connectivity index (χ4n) is 1.35. The second kappa shape index (κ2) is 2.24. The van der Waals surface area contributed by atoms with Gasteiger partial charge in [0.2, 0.25) is 0 Å². The van der Waals surface area contributed by atoms with Crippen molar-refractivity contribution in [3.63, 3.8) is 0 Å². The maximum Gasteiger partial charge on any atom is 0.140 e. The zero-order valence-corrected chi connectivity index (χ0v) is 7.18. The van der Waals surface area contributed by atoms with Crippen molar-refractivity contribution in [2.45, 2.75) is 13.8 Å². The molecule has 3 nitrogen and oxygen atoms in total. The highest BCUT2D eigenvalue weighted by atomic mass is 14.9. The summed E-state index contributed by atoms with van der Waals surface area (Å²) in [7, 11) is 0. The van der Waals surface area contributed by atoms with Gasteiger partial charge < -0.3 is 10.7 Å². The topological polar surface area (TPSA) is 54.7 Å². The van der Waals surface area contributed by atoms with Gasteiger partial charge in [-0.25, -0.2) is 4.98 Å². The standard InChI is InChI=1S/C9H11N3/c1-5-6(2)11-9-7(5)3-4-8(10)12-9/h3-4H,1-2H3,(H3,10,11,12). The lowest BCUT2D eigenvalue weighted by Crippen LogP contribution is -1.88. The lowest BCUT2D eigenvalue weighted by molar-refractivity contribution is 1.23. The summed E-state index contributed by atoms with van der Waals surface area (Å²) in [6.07, 6.45) is 0. The first-order valence-corrected chi connectivity index (χ1v) is 3.90. The molecule has 62 valence electrons. The van der Waals surface area contributed by atoms with E-state index in [4.69, 9.17) is 5.73 Å². The molecule has 0 saturated heterocycles. The average molecular weight is 161 g/mol. The second-order valence-electron chi connectivity index (χ2n) is 3.01. The average Bonchev–Trinajstić information content (AvgIpc) is 2.28. The zero-order chi connectivity index (χ0) is 8.72. The number of nitrogens with two attached hydrogens (primary N) is 1. The van der Waals surface area contributed by atoms with Crippen LogP contribution < -0.4 is 5.73 Å². The van der Waals surface area contributed by atoms with Gasteiger partial charge in [-0.2, -0.15) is 0 Å². The summed E-state index contributed by atoms with van der Waals surface area (Å²) in [6.45, 7) is 4.11. The van der Waals surface area contributed by atoms with Gasteiger partial charge in [0.1, 0.15) is 11.5 Å². The Bertz CT molecular complexity index is 429. The van der Waals surface area contributed by atoms with Crippen LogP contribution in [0.3, 0.4) is 0 Å². The van der Waals surface area contributed by atoms with E-state index in [2.05, 4.69) is 16.9 Å². The highest BCUT2D eigenvalue weighted by Crippen LogP contribution is 2.19. The van der Waals surface area contributed by atoms with Crippen LogP contribution in [0.1, 0.15) is 11.3 Å². The van der Waals surface area contributed by atoms with Crippen molar-refractivity contribution in [1.82, 2.24) is 9.97 Å². The molecule has 2 heterocycles. The van der Waals surface area contributed by atoms with Crippen molar-refractivity contribution in [2.24, 2.45) is 0 Å². The van der Waals surface area contributed by atoms with E-state index >= 15 is 0 Å². The number of nitrogens with zero attached hydrogens (tertiary/aromatic N) is 1. The van der Waals surface area contributed by atoms with Crippen molar-refractivity contribution in [3.05, 3.63) is 23.4 Å². The molecule has 0 radical (unpaired) electrons. The molecule has 0 bridgehead atoms. The summed E-state index contributed by atoms with van der Waals surface area (Å²) in [4.78, 5) is 7.36. The van der Waals surface area contributed by atoms with Crippen LogP contribution in [0.5, 0.6) is 0 Å². The Hall–Kier alpha value is -1.51. The van der Waals surface area contributed by atoms with Crippen molar-refractivity contribution in [3.8, 4) is 0 Å². The number of H-pyrrole nitrogens is 1. The minimum absolute atomic E-state index is 0.559. The highest BCUT2D eigenvalue weighted by Gasteiger charge is 2.03. The summed E-state index contributed by atoms with van der Waals surface area (Å²) in [5, 5.41) is 1.15. The SMILES string of the molecule is Cc1[nH]c2nc(N)ccc2c1C. The summed E-state index contributed by atoms with van der Waals surface area (Å²) in [5.41, 5.74) is 8.84. The quantitative estimate of drug-likeness (QED) is 0.618. The minimum atomic E-state index is 0.559. The van der Waals surface area contributed by atoms with Crippen LogP contribution in [-0.2, 0) is 0 Å². The fraction of sp³-hybridized carbons (Fsp3) is 0.222. The van der Waals surface area contributed by atoms with Gasteiger partial charge in [-0.15, -0.1) is 0 Å². The Morgan fingerprint density at radius 1 is 1.33 bits per heavy atom. The number of anilines is 1.